The number of benzene rings is 2. The minimum atomic E-state index is -0.240. The molecule has 0 aromatic heterocycles. The van der Waals surface area contributed by atoms with Gasteiger partial charge < -0.3 is 10.3 Å². The van der Waals surface area contributed by atoms with Gasteiger partial charge in [-0.25, -0.2) is 4.39 Å². The molecule has 0 amide bonds. The number of rotatable bonds is 1. The number of halogens is 2. The second kappa shape index (κ2) is 5.19. The number of fused-ring (bicyclic) bond motifs is 3. The third-order valence-electron chi connectivity index (χ3n) is 3.95. The van der Waals surface area contributed by atoms with Crippen molar-refractivity contribution in [2.45, 2.75) is 6.54 Å². The predicted molar refractivity (Wildman–Crippen MR) is 85.0 cm³/mol. The van der Waals surface area contributed by atoms with Crippen LogP contribution >= 0.6 is 11.6 Å². The molecule has 0 aliphatic carbocycles. The van der Waals surface area contributed by atoms with Gasteiger partial charge in [-0.15, -0.1) is 5.53 Å². The van der Waals surface area contributed by atoms with Crippen LogP contribution < -0.4 is 15.9 Å². The van der Waals surface area contributed by atoms with Crippen molar-refractivity contribution in [3.63, 3.8) is 0 Å². The summed E-state index contributed by atoms with van der Waals surface area (Å²) >= 11 is 6.39. The largest absolute Gasteiger partial charge is 0.346 e. The molecule has 0 fully saturated rings. The number of hydrazine groups is 2. The molecule has 2 N–H and O–H groups in total. The minimum absolute atomic E-state index is 0.240. The highest BCUT2D eigenvalue weighted by atomic mass is 35.5. The lowest BCUT2D eigenvalue weighted by molar-refractivity contribution is 0.286. The number of nitrogens with one attached hydrogen (secondary N) is 2. The zero-order valence-corrected chi connectivity index (χ0v) is 12.4. The maximum Gasteiger partial charge on any atom is 0.146 e. The second-order valence-electron chi connectivity index (χ2n) is 5.27. The van der Waals surface area contributed by atoms with Crippen LogP contribution in [0.4, 0.5) is 10.1 Å². The molecule has 4 nitrogen and oxygen atoms in total. The van der Waals surface area contributed by atoms with Gasteiger partial charge in [0, 0.05) is 23.3 Å². The molecule has 2 aromatic carbocycles. The first-order valence-electron chi connectivity index (χ1n) is 7.00. The van der Waals surface area contributed by atoms with E-state index in [4.69, 9.17) is 11.6 Å². The highest BCUT2D eigenvalue weighted by molar-refractivity contribution is 6.31. The van der Waals surface area contributed by atoms with E-state index in [0.29, 0.717) is 23.9 Å². The lowest BCUT2D eigenvalue weighted by Crippen LogP contribution is -2.43. The molecule has 2 heterocycles. The van der Waals surface area contributed by atoms with Gasteiger partial charge in [0.15, 0.2) is 0 Å². The molecule has 0 unspecified atom stereocenters. The van der Waals surface area contributed by atoms with Crippen molar-refractivity contribution >= 4 is 23.0 Å². The van der Waals surface area contributed by atoms with E-state index in [1.54, 1.807) is 12.1 Å². The van der Waals surface area contributed by atoms with Crippen LogP contribution in [-0.4, -0.2) is 11.7 Å². The Bertz CT molecular complexity index is 762. The Morgan fingerprint density at radius 1 is 1.09 bits per heavy atom. The number of nitrogens with zero attached hydrogens (tertiary/aromatic N) is 2. The van der Waals surface area contributed by atoms with Gasteiger partial charge in [-0.05, 0) is 23.8 Å². The van der Waals surface area contributed by atoms with E-state index >= 15 is 0 Å². The molecule has 0 atom stereocenters. The Labute approximate surface area is 132 Å². The molecule has 0 spiro atoms. The quantitative estimate of drug-likeness (QED) is 0.846. The maximum atomic E-state index is 14.2. The van der Waals surface area contributed by atoms with E-state index in [1.165, 1.54) is 6.07 Å². The molecule has 4 rings (SSSR count). The summed E-state index contributed by atoms with van der Waals surface area (Å²) in [5, 5.41) is 2.63. The molecule has 0 saturated heterocycles. The van der Waals surface area contributed by atoms with Gasteiger partial charge in [0.1, 0.15) is 12.5 Å². The summed E-state index contributed by atoms with van der Waals surface area (Å²) in [6, 6.07) is 12.6. The average molecular weight is 317 g/mol. The number of para-hydroxylation sites is 1. The van der Waals surface area contributed by atoms with Crippen molar-refractivity contribution in [3.05, 3.63) is 70.6 Å². The van der Waals surface area contributed by atoms with E-state index in [0.717, 1.165) is 16.8 Å². The first-order valence-corrected chi connectivity index (χ1v) is 7.38. The fourth-order valence-corrected chi connectivity index (χ4v) is 3.13. The summed E-state index contributed by atoms with van der Waals surface area (Å²) in [6.45, 7) is 1.05. The van der Waals surface area contributed by atoms with Crippen LogP contribution in [0.3, 0.4) is 0 Å². The Kier molecular flexibility index (Phi) is 3.17. The van der Waals surface area contributed by atoms with Gasteiger partial charge in [0.05, 0.1) is 11.4 Å². The molecule has 2 aliphatic rings. The highest BCUT2D eigenvalue weighted by Crippen LogP contribution is 2.34. The van der Waals surface area contributed by atoms with Crippen LogP contribution in [0.5, 0.6) is 0 Å². The number of hydrogen-bond donors (Lipinski definition) is 2. The van der Waals surface area contributed by atoms with Crippen molar-refractivity contribution in [2.24, 2.45) is 0 Å². The maximum absolute atomic E-state index is 14.2. The van der Waals surface area contributed by atoms with Crippen LogP contribution in [0, 0.1) is 5.82 Å². The Balaban J connectivity index is 1.84. The fraction of sp³-hybridized carbons (Fsp3) is 0.125. The highest BCUT2D eigenvalue weighted by Gasteiger charge is 2.28. The zero-order chi connectivity index (χ0) is 15.1. The van der Waals surface area contributed by atoms with E-state index in [2.05, 4.69) is 11.0 Å². The van der Waals surface area contributed by atoms with Crippen molar-refractivity contribution < 1.29 is 4.39 Å². The molecule has 0 radical (unpaired) electrons. The molecule has 0 bridgehead atoms. The van der Waals surface area contributed by atoms with E-state index in [1.807, 2.05) is 40.4 Å². The standard InChI is InChI=1S/C16H14ClFN4/c17-13-5-3-4-11-12(13)9-21(10-22-16(11)8-19-20-22)15-7-2-1-6-14(15)18/h1-8,19-20H,9-10H2. The molecule has 0 saturated carbocycles. The zero-order valence-electron chi connectivity index (χ0n) is 11.7. The lowest BCUT2D eigenvalue weighted by atomic mass is 10.0. The van der Waals surface area contributed by atoms with Gasteiger partial charge in [-0.2, -0.15) is 0 Å². The third-order valence-corrected chi connectivity index (χ3v) is 4.30. The minimum Gasteiger partial charge on any atom is -0.346 e. The van der Waals surface area contributed by atoms with Crippen molar-refractivity contribution in [3.8, 4) is 0 Å². The third kappa shape index (κ3) is 2.10. The average Bonchev–Trinajstić information content (AvgIpc) is 2.91. The molecule has 2 aromatic rings. The summed E-state index contributed by atoms with van der Waals surface area (Å²) < 4.78 is 14.2. The topological polar surface area (TPSA) is 30.5 Å². The van der Waals surface area contributed by atoms with E-state index in [9.17, 15) is 4.39 Å². The van der Waals surface area contributed by atoms with Gasteiger partial charge >= 0.3 is 0 Å². The second-order valence-corrected chi connectivity index (χ2v) is 5.68. The van der Waals surface area contributed by atoms with Gasteiger partial charge in [-0.1, -0.05) is 35.9 Å². The Hall–Kier alpha value is -2.24. The van der Waals surface area contributed by atoms with E-state index in [-0.39, 0.29) is 5.82 Å². The monoisotopic (exact) mass is 316 g/mol. The van der Waals surface area contributed by atoms with Gasteiger partial charge in [0.2, 0.25) is 0 Å². The molecule has 112 valence electrons. The van der Waals surface area contributed by atoms with Crippen molar-refractivity contribution in [1.29, 1.82) is 0 Å². The molecular weight excluding hydrogens is 303 g/mol. The first-order chi connectivity index (χ1) is 10.7. The van der Waals surface area contributed by atoms with Crippen LogP contribution in [0.1, 0.15) is 11.1 Å². The normalized spacial score (nSPS) is 16.5. The fourth-order valence-electron chi connectivity index (χ4n) is 2.89. The summed E-state index contributed by atoms with van der Waals surface area (Å²) in [7, 11) is 0. The molecule has 2 aliphatic heterocycles. The molecule has 22 heavy (non-hydrogen) atoms. The van der Waals surface area contributed by atoms with E-state index < -0.39 is 0 Å². The van der Waals surface area contributed by atoms with Gasteiger partial charge in [-0.3, -0.25) is 5.01 Å². The van der Waals surface area contributed by atoms with Gasteiger partial charge in [0.25, 0.3) is 0 Å². The number of hydrogen-bond acceptors (Lipinski definition) is 4. The molecule has 6 heteroatoms. The van der Waals surface area contributed by atoms with Crippen LogP contribution in [0.25, 0.3) is 5.70 Å². The summed E-state index contributed by atoms with van der Waals surface area (Å²) in [6.07, 6.45) is 1.89. The predicted octanol–water partition coefficient (Wildman–Crippen LogP) is 3.08. The summed E-state index contributed by atoms with van der Waals surface area (Å²) in [5.74, 6) is -0.240. The summed E-state index contributed by atoms with van der Waals surface area (Å²) in [4.78, 5) is 1.96. The van der Waals surface area contributed by atoms with Crippen molar-refractivity contribution in [1.82, 2.24) is 16.0 Å². The Morgan fingerprint density at radius 3 is 2.82 bits per heavy atom. The smallest absolute Gasteiger partial charge is 0.146 e. The van der Waals surface area contributed by atoms with Crippen molar-refractivity contribution in [2.75, 3.05) is 11.6 Å². The SMILES string of the molecule is Fc1ccccc1N1Cc2c(Cl)cccc2C2=CNNN2C1. The molecular formula is C16H14ClFN4. The van der Waals surface area contributed by atoms with Crippen LogP contribution in [0.2, 0.25) is 5.02 Å². The lowest BCUT2D eigenvalue weighted by Gasteiger charge is -2.28. The first kappa shape index (κ1) is 13.4. The van der Waals surface area contributed by atoms with Crippen LogP contribution in [-0.2, 0) is 6.54 Å². The summed E-state index contributed by atoms with van der Waals surface area (Å²) in [5.41, 5.74) is 9.64. The van der Waals surface area contributed by atoms with Crippen LogP contribution in [0.15, 0.2) is 48.7 Å². The Morgan fingerprint density at radius 2 is 1.95 bits per heavy atom. The number of anilines is 1.